The number of hydrogen-bond acceptors (Lipinski definition) is 4. The molecule has 0 fully saturated rings. The van der Waals surface area contributed by atoms with Crippen LogP contribution >= 0.6 is 27.7 Å². The standard InChI is InChI=1S/C11H8BrNO3S/c1-6-9(2-3-16-6)17-10-8(11(14)15)4-7(12)5-13-10/h2-5H,1H3,(H,14,15). The van der Waals surface area contributed by atoms with Crippen LogP contribution in [0.4, 0.5) is 0 Å². The number of aryl methyl sites for hydroxylation is 1. The topological polar surface area (TPSA) is 63.3 Å². The van der Waals surface area contributed by atoms with Crippen molar-refractivity contribution in [3.8, 4) is 0 Å². The number of carboxylic acids is 1. The van der Waals surface area contributed by atoms with E-state index in [1.807, 2.05) is 6.92 Å². The van der Waals surface area contributed by atoms with Gasteiger partial charge in [0, 0.05) is 10.7 Å². The van der Waals surface area contributed by atoms with Crippen molar-refractivity contribution >= 4 is 33.7 Å². The molecule has 2 heterocycles. The Morgan fingerprint density at radius 1 is 1.59 bits per heavy atom. The molecule has 0 aromatic carbocycles. The van der Waals surface area contributed by atoms with Crippen LogP contribution in [-0.2, 0) is 0 Å². The van der Waals surface area contributed by atoms with Crippen LogP contribution in [0.5, 0.6) is 0 Å². The second kappa shape index (κ2) is 4.93. The number of carboxylic acid groups (broad SMARTS) is 1. The number of aromatic carboxylic acids is 1. The molecule has 0 unspecified atom stereocenters. The van der Waals surface area contributed by atoms with Crippen molar-refractivity contribution in [1.29, 1.82) is 0 Å². The van der Waals surface area contributed by atoms with Crippen LogP contribution in [0.3, 0.4) is 0 Å². The lowest BCUT2D eigenvalue weighted by atomic mass is 10.3. The van der Waals surface area contributed by atoms with Crippen molar-refractivity contribution in [2.24, 2.45) is 0 Å². The molecule has 0 atom stereocenters. The molecule has 4 nitrogen and oxygen atoms in total. The van der Waals surface area contributed by atoms with E-state index in [1.165, 1.54) is 17.8 Å². The van der Waals surface area contributed by atoms with Crippen molar-refractivity contribution in [1.82, 2.24) is 4.98 Å². The van der Waals surface area contributed by atoms with Crippen molar-refractivity contribution in [2.45, 2.75) is 16.8 Å². The average molecular weight is 314 g/mol. The molecule has 0 radical (unpaired) electrons. The molecule has 2 aromatic rings. The van der Waals surface area contributed by atoms with Crippen molar-refractivity contribution in [2.75, 3.05) is 0 Å². The highest BCUT2D eigenvalue weighted by molar-refractivity contribution is 9.10. The van der Waals surface area contributed by atoms with Crippen molar-refractivity contribution in [3.05, 3.63) is 40.4 Å². The van der Waals surface area contributed by atoms with E-state index in [0.717, 1.165) is 10.7 Å². The van der Waals surface area contributed by atoms with Gasteiger partial charge in [-0.3, -0.25) is 0 Å². The zero-order valence-electron chi connectivity index (χ0n) is 8.81. The maximum absolute atomic E-state index is 11.1. The highest BCUT2D eigenvalue weighted by atomic mass is 79.9. The maximum Gasteiger partial charge on any atom is 0.338 e. The third kappa shape index (κ3) is 2.70. The van der Waals surface area contributed by atoms with E-state index in [4.69, 9.17) is 9.52 Å². The van der Waals surface area contributed by atoms with Gasteiger partial charge in [-0.2, -0.15) is 0 Å². The highest BCUT2D eigenvalue weighted by Crippen LogP contribution is 2.32. The Balaban J connectivity index is 2.39. The lowest BCUT2D eigenvalue weighted by Crippen LogP contribution is -2.00. The molecule has 0 spiro atoms. The molecule has 0 aliphatic carbocycles. The average Bonchev–Trinajstić information content (AvgIpc) is 2.67. The monoisotopic (exact) mass is 313 g/mol. The number of rotatable bonds is 3. The summed E-state index contributed by atoms with van der Waals surface area (Å²) in [6, 6.07) is 3.32. The van der Waals surface area contributed by atoms with Gasteiger partial charge in [-0.15, -0.1) is 0 Å². The Hall–Kier alpha value is -1.27. The summed E-state index contributed by atoms with van der Waals surface area (Å²) in [4.78, 5) is 16.1. The quantitative estimate of drug-likeness (QED) is 0.938. The fourth-order valence-electron chi connectivity index (χ4n) is 1.24. The Morgan fingerprint density at radius 2 is 2.35 bits per heavy atom. The second-order valence-electron chi connectivity index (χ2n) is 3.25. The van der Waals surface area contributed by atoms with Gasteiger partial charge in [-0.05, 0) is 35.0 Å². The molecule has 0 aliphatic rings. The van der Waals surface area contributed by atoms with Crippen LogP contribution in [0, 0.1) is 6.92 Å². The fourth-order valence-corrected chi connectivity index (χ4v) is 2.46. The van der Waals surface area contributed by atoms with E-state index in [-0.39, 0.29) is 5.56 Å². The molecule has 0 saturated heterocycles. The van der Waals surface area contributed by atoms with Crippen LogP contribution in [0.15, 0.2) is 43.4 Å². The SMILES string of the molecule is Cc1occc1Sc1ncc(Br)cc1C(=O)O. The summed E-state index contributed by atoms with van der Waals surface area (Å²) < 4.78 is 5.80. The summed E-state index contributed by atoms with van der Waals surface area (Å²) in [5.74, 6) is -0.251. The minimum absolute atomic E-state index is 0.171. The molecular formula is C11H8BrNO3S. The number of carbonyl (C=O) groups is 1. The Labute approximate surface area is 110 Å². The van der Waals surface area contributed by atoms with Gasteiger partial charge in [0.15, 0.2) is 0 Å². The Kier molecular flexibility index (Phi) is 3.54. The number of pyridine rings is 1. The summed E-state index contributed by atoms with van der Waals surface area (Å²) in [5, 5.41) is 9.54. The summed E-state index contributed by atoms with van der Waals surface area (Å²) >= 11 is 4.48. The van der Waals surface area contributed by atoms with Crippen LogP contribution in [0.2, 0.25) is 0 Å². The minimum atomic E-state index is -0.998. The summed E-state index contributed by atoms with van der Waals surface area (Å²) in [5.41, 5.74) is 0.171. The smallest absolute Gasteiger partial charge is 0.338 e. The van der Waals surface area contributed by atoms with E-state index in [9.17, 15) is 4.79 Å². The predicted octanol–water partition coefficient (Wildman–Crippen LogP) is 3.59. The fraction of sp³-hybridized carbons (Fsp3) is 0.0909. The van der Waals surface area contributed by atoms with Crippen LogP contribution in [0.1, 0.15) is 16.1 Å². The van der Waals surface area contributed by atoms with Gasteiger partial charge < -0.3 is 9.52 Å². The molecule has 88 valence electrons. The first kappa shape index (κ1) is 12.2. The molecule has 0 bridgehead atoms. The maximum atomic E-state index is 11.1. The van der Waals surface area contributed by atoms with Crippen LogP contribution in [0.25, 0.3) is 0 Å². The first-order valence-corrected chi connectivity index (χ1v) is 6.29. The van der Waals surface area contributed by atoms with Gasteiger partial charge in [0.1, 0.15) is 10.8 Å². The molecule has 0 saturated carbocycles. The first-order chi connectivity index (χ1) is 8.08. The lowest BCUT2D eigenvalue weighted by molar-refractivity contribution is 0.0692. The lowest BCUT2D eigenvalue weighted by Gasteiger charge is -2.04. The minimum Gasteiger partial charge on any atom is -0.478 e. The molecule has 1 N–H and O–H groups in total. The van der Waals surface area contributed by atoms with Crippen LogP contribution in [-0.4, -0.2) is 16.1 Å². The van der Waals surface area contributed by atoms with Gasteiger partial charge in [-0.25, -0.2) is 9.78 Å². The highest BCUT2D eigenvalue weighted by Gasteiger charge is 2.15. The number of furan rings is 1. The van der Waals surface area contributed by atoms with Gasteiger partial charge in [0.05, 0.1) is 16.7 Å². The number of aromatic nitrogens is 1. The number of hydrogen-bond donors (Lipinski definition) is 1. The Morgan fingerprint density at radius 3 is 2.94 bits per heavy atom. The number of nitrogens with zero attached hydrogens (tertiary/aromatic N) is 1. The zero-order chi connectivity index (χ0) is 12.4. The molecule has 0 amide bonds. The van der Waals surface area contributed by atoms with Gasteiger partial charge >= 0.3 is 5.97 Å². The third-order valence-corrected chi connectivity index (χ3v) is 3.66. The Bertz CT molecular complexity index is 568. The van der Waals surface area contributed by atoms with Crippen molar-refractivity contribution < 1.29 is 14.3 Å². The molecule has 2 aromatic heterocycles. The molecule has 17 heavy (non-hydrogen) atoms. The summed E-state index contributed by atoms with van der Waals surface area (Å²) in [6.45, 7) is 1.82. The van der Waals surface area contributed by atoms with Crippen LogP contribution < -0.4 is 0 Å². The largest absolute Gasteiger partial charge is 0.478 e. The molecular weight excluding hydrogens is 306 g/mol. The normalized spacial score (nSPS) is 10.5. The van der Waals surface area contributed by atoms with E-state index in [0.29, 0.717) is 9.50 Å². The van der Waals surface area contributed by atoms with Gasteiger partial charge in [0.2, 0.25) is 0 Å². The molecule has 0 aliphatic heterocycles. The first-order valence-electron chi connectivity index (χ1n) is 4.68. The number of halogens is 1. The van der Waals surface area contributed by atoms with Gasteiger partial charge in [0.25, 0.3) is 0 Å². The van der Waals surface area contributed by atoms with E-state index in [2.05, 4.69) is 20.9 Å². The molecule has 2 rings (SSSR count). The van der Waals surface area contributed by atoms with E-state index < -0.39 is 5.97 Å². The summed E-state index contributed by atoms with van der Waals surface area (Å²) in [6.07, 6.45) is 3.14. The molecule has 6 heteroatoms. The van der Waals surface area contributed by atoms with Crippen molar-refractivity contribution in [3.63, 3.8) is 0 Å². The van der Waals surface area contributed by atoms with E-state index in [1.54, 1.807) is 18.5 Å². The zero-order valence-corrected chi connectivity index (χ0v) is 11.2. The van der Waals surface area contributed by atoms with E-state index >= 15 is 0 Å². The third-order valence-electron chi connectivity index (χ3n) is 2.07. The van der Waals surface area contributed by atoms with Gasteiger partial charge in [-0.1, -0.05) is 11.8 Å². The predicted molar refractivity (Wildman–Crippen MR) is 66.5 cm³/mol. The summed E-state index contributed by atoms with van der Waals surface area (Å²) in [7, 11) is 0. The second-order valence-corrected chi connectivity index (χ2v) is 5.20.